The van der Waals surface area contributed by atoms with Gasteiger partial charge in [-0.1, -0.05) is 6.42 Å². The molecule has 0 amide bonds. The lowest BCUT2D eigenvalue weighted by molar-refractivity contribution is 0.169. The molecule has 3 heterocycles. The Morgan fingerprint density at radius 1 is 1.06 bits per heavy atom. The maximum atomic E-state index is 12.9. The number of fused-ring (bicyclic) bond motifs is 3. The van der Waals surface area contributed by atoms with Crippen molar-refractivity contribution in [2.45, 2.75) is 70.4 Å². The highest BCUT2D eigenvalue weighted by Gasteiger charge is 2.41. The first-order chi connectivity index (χ1) is 17.5. The molecule has 1 aliphatic heterocycles. The van der Waals surface area contributed by atoms with Gasteiger partial charge in [-0.25, -0.2) is 4.98 Å². The molecule has 2 N–H and O–H groups in total. The van der Waals surface area contributed by atoms with Gasteiger partial charge in [-0.05, 0) is 100.0 Å². The highest BCUT2D eigenvalue weighted by Crippen LogP contribution is 2.50. The van der Waals surface area contributed by atoms with Crippen LogP contribution in [0.4, 0.5) is 17.3 Å². The smallest absolute Gasteiger partial charge is 0.252 e. The van der Waals surface area contributed by atoms with Crippen LogP contribution in [0.3, 0.4) is 0 Å². The van der Waals surface area contributed by atoms with E-state index in [9.17, 15) is 9.90 Å². The Kier molecular flexibility index (Phi) is 6.42. The summed E-state index contributed by atoms with van der Waals surface area (Å²) in [6.07, 6.45) is 10.9. The quantitative estimate of drug-likeness (QED) is 0.472. The van der Waals surface area contributed by atoms with Crippen molar-refractivity contribution in [1.29, 1.82) is 0 Å². The zero-order valence-electron chi connectivity index (χ0n) is 21.1. The Hall–Kier alpha value is -2.93. The van der Waals surface area contributed by atoms with Gasteiger partial charge in [-0.3, -0.25) is 9.36 Å². The van der Waals surface area contributed by atoms with Gasteiger partial charge in [-0.2, -0.15) is 4.98 Å². The molecule has 2 aromatic heterocycles. The van der Waals surface area contributed by atoms with Gasteiger partial charge in [-0.15, -0.1) is 0 Å². The predicted octanol–water partition coefficient (Wildman–Crippen LogP) is 5.27. The van der Waals surface area contributed by atoms with E-state index in [0.717, 1.165) is 60.9 Å². The van der Waals surface area contributed by atoms with E-state index in [1.54, 1.807) is 6.07 Å². The number of benzene rings is 1. The Bertz CT molecular complexity index is 1260. The Balaban J connectivity index is 1.15. The van der Waals surface area contributed by atoms with Crippen LogP contribution >= 0.6 is 0 Å². The molecule has 190 valence electrons. The summed E-state index contributed by atoms with van der Waals surface area (Å²) in [5.74, 6) is 2.60. The molecule has 2 saturated carbocycles. The van der Waals surface area contributed by atoms with Gasteiger partial charge in [0, 0.05) is 48.2 Å². The number of anilines is 3. The number of piperidine rings is 1. The second kappa shape index (κ2) is 9.85. The molecular formula is C29H37N5O2. The van der Waals surface area contributed by atoms with Crippen LogP contribution in [0.1, 0.15) is 64.3 Å². The summed E-state index contributed by atoms with van der Waals surface area (Å²) in [4.78, 5) is 24.7. The predicted molar refractivity (Wildman–Crippen MR) is 144 cm³/mol. The number of nitrogens with zero attached hydrogens (tertiary/aromatic N) is 4. The average Bonchev–Trinajstić information content (AvgIpc) is 3.52. The number of aliphatic hydroxyl groups excluding tert-OH is 1. The van der Waals surface area contributed by atoms with Crippen LogP contribution in [-0.4, -0.2) is 38.8 Å². The van der Waals surface area contributed by atoms with Crippen molar-refractivity contribution in [2.24, 2.45) is 17.8 Å². The minimum Gasteiger partial charge on any atom is -0.393 e. The molecule has 7 nitrogen and oxygen atoms in total. The van der Waals surface area contributed by atoms with E-state index in [-0.39, 0.29) is 17.7 Å². The van der Waals surface area contributed by atoms with Crippen LogP contribution in [0.15, 0.2) is 47.4 Å². The van der Waals surface area contributed by atoms with Crippen LogP contribution in [0.2, 0.25) is 0 Å². The van der Waals surface area contributed by atoms with E-state index in [1.807, 2.05) is 23.8 Å². The summed E-state index contributed by atoms with van der Waals surface area (Å²) >= 11 is 0. The molecule has 0 spiro atoms. The van der Waals surface area contributed by atoms with Gasteiger partial charge in [0.2, 0.25) is 5.95 Å². The lowest BCUT2D eigenvalue weighted by Crippen LogP contribution is -2.33. The number of hydrogen-bond acceptors (Lipinski definition) is 6. The summed E-state index contributed by atoms with van der Waals surface area (Å²) in [7, 11) is 0. The lowest BCUT2D eigenvalue weighted by Gasteiger charge is -2.34. The van der Waals surface area contributed by atoms with Crippen molar-refractivity contribution in [3.8, 4) is 0 Å². The van der Waals surface area contributed by atoms with Gasteiger partial charge in [0.05, 0.1) is 6.10 Å². The van der Waals surface area contributed by atoms with E-state index in [1.165, 1.54) is 37.8 Å². The topological polar surface area (TPSA) is 83.3 Å². The van der Waals surface area contributed by atoms with Crippen molar-refractivity contribution in [2.75, 3.05) is 23.3 Å². The van der Waals surface area contributed by atoms with Crippen molar-refractivity contribution in [3.63, 3.8) is 0 Å². The summed E-state index contributed by atoms with van der Waals surface area (Å²) in [6.45, 7) is 4.00. The molecule has 36 heavy (non-hydrogen) atoms. The first-order valence-corrected chi connectivity index (χ1v) is 13.7. The van der Waals surface area contributed by atoms with Crippen LogP contribution in [-0.2, 0) is 0 Å². The van der Waals surface area contributed by atoms with Crippen LogP contribution in [0, 0.1) is 17.8 Å². The first-order valence-electron chi connectivity index (χ1n) is 13.7. The molecule has 1 aromatic carbocycles. The number of hydrogen-bond donors (Lipinski definition) is 2. The van der Waals surface area contributed by atoms with Gasteiger partial charge in [0.1, 0.15) is 5.65 Å². The third-order valence-corrected chi connectivity index (χ3v) is 8.80. The SMILES string of the molecule is CC(O)CCC1CCN(c2ccc(Nc3ncc4ccc(=O)n([C@@H]5CC6CCC5C6)c4n3)cc2)CC1. The zero-order valence-corrected chi connectivity index (χ0v) is 21.1. The molecule has 7 heteroatoms. The minimum absolute atomic E-state index is 0.0451. The molecule has 3 fully saturated rings. The maximum Gasteiger partial charge on any atom is 0.252 e. The Morgan fingerprint density at radius 3 is 2.56 bits per heavy atom. The fraction of sp³-hybridized carbons (Fsp3) is 0.552. The summed E-state index contributed by atoms with van der Waals surface area (Å²) in [5, 5.41) is 13.8. The lowest BCUT2D eigenvalue weighted by atomic mass is 9.91. The average molecular weight is 488 g/mol. The third-order valence-electron chi connectivity index (χ3n) is 8.80. The normalized spacial score (nSPS) is 24.9. The van der Waals surface area contributed by atoms with E-state index in [4.69, 9.17) is 4.98 Å². The summed E-state index contributed by atoms with van der Waals surface area (Å²) in [5.41, 5.74) is 2.96. The monoisotopic (exact) mass is 487 g/mol. The van der Waals surface area contributed by atoms with Gasteiger partial charge in [0.25, 0.3) is 5.56 Å². The molecule has 2 aliphatic carbocycles. The van der Waals surface area contributed by atoms with Crippen LogP contribution < -0.4 is 15.8 Å². The largest absolute Gasteiger partial charge is 0.393 e. The molecule has 1 saturated heterocycles. The second-order valence-corrected chi connectivity index (χ2v) is 11.3. The fourth-order valence-electron chi connectivity index (χ4n) is 6.79. The maximum absolute atomic E-state index is 12.9. The molecule has 4 atom stereocenters. The Morgan fingerprint density at radius 2 is 1.86 bits per heavy atom. The Labute approximate surface area is 212 Å². The van der Waals surface area contributed by atoms with Gasteiger partial charge in [0.15, 0.2) is 0 Å². The van der Waals surface area contributed by atoms with Crippen LogP contribution in [0.5, 0.6) is 0 Å². The van der Waals surface area contributed by atoms with E-state index < -0.39 is 0 Å². The molecule has 3 unspecified atom stereocenters. The third kappa shape index (κ3) is 4.73. The number of nitrogens with one attached hydrogen (secondary N) is 1. The summed E-state index contributed by atoms with van der Waals surface area (Å²) < 4.78 is 1.94. The van der Waals surface area contributed by atoms with Crippen molar-refractivity contribution in [3.05, 3.63) is 52.9 Å². The zero-order chi connectivity index (χ0) is 24.6. The number of pyridine rings is 1. The number of rotatable bonds is 7. The molecule has 3 aromatic rings. The molecule has 6 rings (SSSR count). The standard InChI is InChI=1S/C29H37N5O2/c1-19(35)2-3-20-12-14-33(15-13-20)25-9-7-24(8-10-25)31-29-30-18-23-6-11-27(36)34(28(23)32-29)26-17-21-4-5-22(26)16-21/h6-11,18-22,26,35H,2-5,12-17H2,1H3,(H,30,31,32)/t19?,21?,22?,26-/m1/s1. The van der Waals surface area contributed by atoms with Gasteiger partial charge < -0.3 is 15.3 Å². The first kappa shape index (κ1) is 23.5. The fourth-order valence-corrected chi connectivity index (χ4v) is 6.79. The second-order valence-electron chi connectivity index (χ2n) is 11.3. The minimum atomic E-state index is -0.194. The van der Waals surface area contributed by atoms with Crippen molar-refractivity contribution < 1.29 is 5.11 Å². The molecule has 3 aliphatic rings. The van der Waals surface area contributed by atoms with Crippen molar-refractivity contribution >= 4 is 28.4 Å². The summed E-state index contributed by atoms with van der Waals surface area (Å²) in [6, 6.07) is 12.2. The molecule has 2 bridgehead atoms. The van der Waals surface area contributed by atoms with Gasteiger partial charge >= 0.3 is 0 Å². The molecular weight excluding hydrogens is 450 g/mol. The highest BCUT2D eigenvalue weighted by atomic mass is 16.3. The number of aliphatic hydroxyl groups is 1. The van der Waals surface area contributed by atoms with Crippen molar-refractivity contribution in [1.82, 2.24) is 14.5 Å². The van der Waals surface area contributed by atoms with E-state index >= 15 is 0 Å². The van der Waals surface area contributed by atoms with E-state index in [0.29, 0.717) is 11.9 Å². The molecule has 0 radical (unpaired) electrons. The van der Waals surface area contributed by atoms with Crippen LogP contribution in [0.25, 0.3) is 11.0 Å². The van der Waals surface area contributed by atoms with E-state index in [2.05, 4.69) is 39.5 Å². The highest BCUT2D eigenvalue weighted by molar-refractivity contribution is 5.76. The number of aromatic nitrogens is 3.